The Hall–Kier alpha value is -2.08. The molecule has 1 aromatic rings. The molecule has 0 saturated carbocycles. The second kappa shape index (κ2) is 7.44. The molecule has 2 heterocycles. The summed E-state index contributed by atoms with van der Waals surface area (Å²) in [5.74, 6) is 1.28. The van der Waals surface area contributed by atoms with Crippen molar-refractivity contribution in [2.24, 2.45) is 5.92 Å². The lowest BCUT2D eigenvalue weighted by atomic mass is 10.0. The predicted octanol–water partition coefficient (Wildman–Crippen LogP) is 1.75. The summed E-state index contributed by atoms with van der Waals surface area (Å²) in [4.78, 5) is 28.0. The number of benzene rings is 1. The Morgan fingerprint density at radius 1 is 1.32 bits per heavy atom. The van der Waals surface area contributed by atoms with Crippen LogP contribution in [0.5, 0.6) is 5.75 Å². The zero-order valence-electron chi connectivity index (χ0n) is 15.2. The molecule has 0 bridgehead atoms. The topological polar surface area (TPSA) is 61.9 Å². The Morgan fingerprint density at radius 2 is 2.12 bits per heavy atom. The third kappa shape index (κ3) is 3.95. The number of carbonyl (C=O) groups is 2. The number of likely N-dealkylation sites (tertiary alicyclic amines) is 1. The van der Waals surface area contributed by atoms with Crippen molar-refractivity contribution in [1.82, 2.24) is 9.80 Å². The summed E-state index contributed by atoms with van der Waals surface area (Å²) in [6.45, 7) is 3.81. The average Bonchev–Trinajstić information content (AvgIpc) is 3.04. The quantitative estimate of drug-likeness (QED) is 0.883. The molecule has 0 radical (unpaired) electrons. The van der Waals surface area contributed by atoms with Crippen LogP contribution in [0.1, 0.15) is 25.3 Å². The third-order valence-electron chi connectivity index (χ3n) is 5.28. The molecule has 1 aromatic carbocycles. The van der Waals surface area contributed by atoms with Crippen molar-refractivity contribution in [1.29, 1.82) is 0 Å². The summed E-state index contributed by atoms with van der Waals surface area (Å²) in [5.41, 5.74) is 1.90. The fourth-order valence-corrected chi connectivity index (χ4v) is 3.73. The van der Waals surface area contributed by atoms with Gasteiger partial charge in [-0.05, 0) is 50.2 Å². The van der Waals surface area contributed by atoms with E-state index in [2.05, 4.69) is 31.2 Å². The van der Waals surface area contributed by atoms with E-state index in [4.69, 9.17) is 4.74 Å². The van der Waals surface area contributed by atoms with Crippen LogP contribution in [0.4, 0.5) is 5.69 Å². The molecule has 0 aliphatic carbocycles. The van der Waals surface area contributed by atoms with Crippen molar-refractivity contribution in [3.05, 3.63) is 23.8 Å². The van der Waals surface area contributed by atoms with Gasteiger partial charge in [0, 0.05) is 31.2 Å². The van der Waals surface area contributed by atoms with Gasteiger partial charge in [-0.15, -0.1) is 0 Å². The maximum absolute atomic E-state index is 12.5. The van der Waals surface area contributed by atoms with Crippen molar-refractivity contribution in [2.75, 3.05) is 39.1 Å². The summed E-state index contributed by atoms with van der Waals surface area (Å²) >= 11 is 0. The molecule has 2 aliphatic rings. The van der Waals surface area contributed by atoms with Crippen LogP contribution >= 0.6 is 0 Å². The van der Waals surface area contributed by atoms with Crippen LogP contribution in [0.3, 0.4) is 0 Å². The summed E-state index contributed by atoms with van der Waals surface area (Å²) in [6, 6.07) is 5.99. The van der Waals surface area contributed by atoms with Gasteiger partial charge in [0.25, 0.3) is 5.91 Å². The van der Waals surface area contributed by atoms with Crippen LogP contribution in [-0.2, 0) is 16.0 Å². The van der Waals surface area contributed by atoms with E-state index in [1.54, 1.807) is 6.07 Å². The minimum Gasteiger partial charge on any atom is -0.484 e. The van der Waals surface area contributed by atoms with Crippen molar-refractivity contribution in [2.45, 2.75) is 32.2 Å². The number of fused-ring (bicyclic) bond motifs is 1. The van der Waals surface area contributed by atoms with E-state index in [1.807, 2.05) is 17.0 Å². The summed E-state index contributed by atoms with van der Waals surface area (Å²) < 4.78 is 5.72. The van der Waals surface area contributed by atoms with Crippen LogP contribution in [0, 0.1) is 5.92 Å². The highest BCUT2D eigenvalue weighted by Gasteiger charge is 2.35. The first-order chi connectivity index (χ1) is 12.0. The highest BCUT2D eigenvalue weighted by atomic mass is 16.5. The average molecular weight is 345 g/mol. The first-order valence-corrected chi connectivity index (χ1v) is 8.97. The number of hydrogen-bond donors (Lipinski definition) is 1. The molecule has 0 spiro atoms. The maximum atomic E-state index is 12.5. The fourth-order valence-electron chi connectivity index (χ4n) is 3.73. The second-order valence-corrected chi connectivity index (χ2v) is 7.15. The van der Waals surface area contributed by atoms with Crippen molar-refractivity contribution >= 4 is 17.5 Å². The predicted molar refractivity (Wildman–Crippen MR) is 96.7 cm³/mol. The molecule has 6 heteroatoms. The van der Waals surface area contributed by atoms with Crippen molar-refractivity contribution in [3.63, 3.8) is 0 Å². The van der Waals surface area contributed by atoms with E-state index in [9.17, 15) is 9.59 Å². The van der Waals surface area contributed by atoms with Gasteiger partial charge in [0.15, 0.2) is 6.61 Å². The van der Waals surface area contributed by atoms with E-state index >= 15 is 0 Å². The highest BCUT2D eigenvalue weighted by molar-refractivity contribution is 5.94. The van der Waals surface area contributed by atoms with E-state index < -0.39 is 0 Å². The fraction of sp³-hybridized carbons (Fsp3) is 0.579. The Morgan fingerprint density at radius 3 is 2.80 bits per heavy atom. The van der Waals surface area contributed by atoms with E-state index in [-0.39, 0.29) is 18.4 Å². The number of hydrogen-bond acceptors (Lipinski definition) is 4. The van der Waals surface area contributed by atoms with E-state index in [1.165, 1.54) is 0 Å². The number of nitrogens with zero attached hydrogens (tertiary/aromatic N) is 2. The summed E-state index contributed by atoms with van der Waals surface area (Å²) in [5, 5.41) is 2.85. The van der Waals surface area contributed by atoms with Gasteiger partial charge in [0.05, 0.1) is 0 Å². The number of aryl methyl sites for hydroxylation is 1. The number of anilines is 1. The minimum atomic E-state index is 0.0359. The smallest absolute Gasteiger partial charge is 0.260 e. The van der Waals surface area contributed by atoms with Crippen LogP contribution in [-0.4, -0.2) is 61.4 Å². The summed E-state index contributed by atoms with van der Waals surface area (Å²) in [6.07, 6.45) is 2.28. The number of likely N-dealkylation sites (N-methyl/N-ethyl adjacent to an activating group) is 1. The Bertz CT molecular complexity index is 659. The Balaban J connectivity index is 1.57. The molecular formula is C19H27N3O3. The molecule has 1 N–H and O–H groups in total. The van der Waals surface area contributed by atoms with Gasteiger partial charge in [0.2, 0.25) is 5.91 Å². The molecule has 2 atom stereocenters. The lowest BCUT2D eigenvalue weighted by Crippen LogP contribution is -2.37. The number of amides is 2. The van der Waals surface area contributed by atoms with Crippen molar-refractivity contribution < 1.29 is 14.3 Å². The molecule has 1 saturated heterocycles. The minimum absolute atomic E-state index is 0.0359. The van der Waals surface area contributed by atoms with Crippen LogP contribution in [0.2, 0.25) is 0 Å². The van der Waals surface area contributed by atoms with E-state index in [0.29, 0.717) is 30.6 Å². The molecule has 2 unspecified atom stereocenters. The monoisotopic (exact) mass is 345 g/mol. The lowest BCUT2D eigenvalue weighted by Gasteiger charge is -2.23. The van der Waals surface area contributed by atoms with Crippen LogP contribution in [0.15, 0.2) is 18.2 Å². The van der Waals surface area contributed by atoms with Crippen LogP contribution < -0.4 is 10.1 Å². The Labute approximate surface area is 149 Å². The number of ether oxygens (including phenoxy) is 1. The normalized spacial score (nSPS) is 22.7. The SMILES string of the molecule is CCC1CN(C(=O)COc2ccc3c(c2)CCC(=O)N3)CC1N(C)C. The zero-order valence-corrected chi connectivity index (χ0v) is 15.2. The highest BCUT2D eigenvalue weighted by Crippen LogP contribution is 2.27. The van der Waals surface area contributed by atoms with Gasteiger partial charge < -0.3 is 19.9 Å². The molecule has 1 fully saturated rings. The third-order valence-corrected chi connectivity index (χ3v) is 5.28. The number of nitrogens with one attached hydrogen (secondary N) is 1. The first kappa shape index (κ1) is 17.7. The van der Waals surface area contributed by atoms with Gasteiger partial charge in [-0.25, -0.2) is 0 Å². The van der Waals surface area contributed by atoms with E-state index in [0.717, 1.165) is 30.8 Å². The number of rotatable bonds is 5. The van der Waals surface area contributed by atoms with Gasteiger partial charge >= 0.3 is 0 Å². The van der Waals surface area contributed by atoms with Crippen LogP contribution in [0.25, 0.3) is 0 Å². The molecule has 0 aromatic heterocycles. The second-order valence-electron chi connectivity index (χ2n) is 7.15. The molecule has 6 nitrogen and oxygen atoms in total. The first-order valence-electron chi connectivity index (χ1n) is 8.97. The molecule has 2 aliphatic heterocycles. The standard InChI is InChI=1S/C19H27N3O3/c1-4-13-10-22(11-17(13)21(2)3)19(24)12-25-15-6-7-16-14(9-15)5-8-18(23)20-16/h6-7,9,13,17H,4-5,8,10-12H2,1-3H3,(H,20,23). The molecule has 2 amide bonds. The van der Waals surface area contributed by atoms with Gasteiger partial charge in [-0.2, -0.15) is 0 Å². The van der Waals surface area contributed by atoms with Gasteiger partial charge in [-0.1, -0.05) is 13.3 Å². The molecule has 136 valence electrons. The lowest BCUT2D eigenvalue weighted by molar-refractivity contribution is -0.132. The Kier molecular flexibility index (Phi) is 5.27. The summed E-state index contributed by atoms with van der Waals surface area (Å²) in [7, 11) is 4.15. The molecule has 3 rings (SSSR count). The maximum Gasteiger partial charge on any atom is 0.260 e. The largest absolute Gasteiger partial charge is 0.484 e. The molecular weight excluding hydrogens is 318 g/mol. The van der Waals surface area contributed by atoms with Crippen molar-refractivity contribution in [3.8, 4) is 5.75 Å². The van der Waals surface area contributed by atoms with Gasteiger partial charge in [0.1, 0.15) is 5.75 Å². The number of carbonyl (C=O) groups excluding carboxylic acids is 2. The van der Waals surface area contributed by atoms with Gasteiger partial charge in [-0.3, -0.25) is 9.59 Å². The zero-order chi connectivity index (χ0) is 18.0. The molecule has 25 heavy (non-hydrogen) atoms.